The van der Waals surface area contributed by atoms with Crippen LogP contribution in [0.1, 0.15) is 76.4 Å². The molecular weight excluding hydrogens is 525 g/mol. The summed E-state index contributed by atoms with van der Waals surface area (Å²) >= 11 is 1.50. The van der Waals surface area contributed by atoms with E-state index in [2.05, 4.69) is 4.74 Å². The molecule has 2 aromatic carbocycles. The molecule has 9 heteroatoms. The van der Waals surface area contributed by atoms with Gasteiger partial charge in [-0.1, -0.05) is 25.5 Å². The lowest BCUT2D eigenvalue weighted by atomic mass is 9.82. The number of fused-ring (bicyclic) bond motifs is 1. The second-order valence-electron chi connectivity index (χ2n) is 10.1. The number of rotatable bonds is 8. The van der Waals surface area contributed by atoms with Crippen LogP contribution in [0, 0.1) is 12.8 Å². The van der Waals surface area contributed by atoms with Gasteiger partial charge in [0.15, 0.2) is 11.6 Å². The number of ketones is 2. The summed E-state index contributed by atoms with van der Waals surface area (Å²) in [5, 5.41) is 0. The van der Waals surface area contributed by atoms with Crippen LogP contribution < -0.4 is 4.74 Å². The molecule has 2 atom stereocenters. The van der Waals surface area contributed by atoms with Crippen LogP contribution in [-0.2, 0) is 0 Å². The molecule has 0 spiro atoms. The van der Waals surface area contributed by atoms with E-state index in [-0.39, 0.29) is 34.8 Å². The van der Waals surface area contributed by atoms with Gasteiger partial charge in [0.2, 0.25) is 0 Å². The lowest BCUT2D eigenvalue weighted by Gasteiger charge is -2.31. The first-order chi connectivity index (χ1) is 18.6. The van der Waals surface area contributed by atoms with Crippen LogP contribution >= 0.6 is 11.3 Å². The first-order valence-electron chi connectivity index (χ1n) is 13.1. The zero-order chi connectivity index (χ0) is 27.7. The van der Waals surface area contributed by atoms with Crippen LogP contribution in [0.4, 0.5) is 13.2 Å². The van der Waals surface area contributed by atoms with Crippen molar-refractivity contribution in [3.63, 3.8) is 0 Å². The van der Waals surface area contributed by atoms with Gasteiger partial charge in [0.25, 0.3) is 0 Å². The summed E-state index contributed by atoms with van der Waals surface area (Å²) in [7, 11) is 0. The molecule has 0 N–H and O–H groups in total. The number of imidazole rings is 1. The van der Waals surface area contributed by atoms with Crippen molar-refractivity contribution in [1.82, 2.24) is 9.55 Å². The van der Waals surface area contributed by atoms with Gasteiger partial charge in [0, 0.05) is 29.3 Å². The number of carbonyl (C=O) groups is 2. The normalized spacial score (nSPS) is 17.9. The molecule has 0 bridgehead atoms. The van der Waals surface area contributed by atoms with E-state index in [1.807, 2.05) is 29.7 Å². The standard InChI is InChI=1S/C30H29F3N2O3S/c1-3-25(36)20-12-13-24-23(17-20)34-29(22-9-4-5-10-27(22)38-30(31,32)33)35(24)21-8-6-7-19(15-21)16-26(37)28-14-11-18(2)39-28/h4-5,9-14,17,19,21H,3,6-8,15-16H2,1-2H3/t19-,21+/m1/s1. The van der Waals surface area contributed by atoms with Crippen molar-refractivity contribution in [2.24, 2.45) is 5.92 Å². The van der Waals surface area contributed by atoms with Crippen molar-refractivity contribution in [3.8, 4) is 17.1 Å². The number of aryl methyl sites for hydroxylation is 1. The molecular formula is C30H29F3N2O3S. The molecule has 4 aromatic rings. The number of alkyl halides is 3. The number of carbonyl (C=O) groups excluding carboxylic acids is 2. The van der Waals surface area contributed by atoms with E-state index in [4.69, 9.17) is 4.98 Å². The van der Waals surface area contributed by atoms with Crippen molar-refractivity contribution < 1.29 is 27.5 Å². The number of hydrogen-bond acceptors (Lipinski definition) is 5. The van der Waals surface area contributed by atoms with Gasteiger partial charge in [-0.15, -0.1) is 24.5 Å². The Morgan fingerprint density at radius 1 is 1.08 bits per heavy atom. The van der Waals surface area contributed by atoms with E-state index in [1.54, 1.807) is 31.2 Å². The summed E-state index contributed by atoms with van der Waals surface area (Å²) in [5.74, 6) is 0.264. The van der Waals surface area contributed by atoms with Crippen LogP contribution in [0.2, 0.25) is 0 Å². The van der Waals surface area contributed by atoms with Gasteiger partial charge in [-0.05, 0) is 74.6 Å². The molecule has 5 nitrogen and oxygen atoms in total. The van der Waals surface area contributed by atoms with Gasteiger partial charge in [0.1, 0.15) is 11.6 Å². The highest BCUT2D eigenvalue weighted by Crippen LogP contribution is 2.42. The highest BCUT2D eigenvalue weighted by atomic mass is 32.1. The minimum Gasteiger partial charge on any atom is -0.405 e. The van der Waals surface area contributed by atoms with E-state index >= 15 is 0 Å². The van der Waals surface area contributed by atoms with Gasteiger partial charge in [0.05, 0.1) is 21.5 Å². The second kappa shape index (κ2) is 11.0. The SMILES string of the molecule is CCC(=O)c1ccc2c(c1)nc(-c1ccccc1OC(F)(F)F)n2[C@H]1CCC[C@@H](CC(=O)c2ccc(C)s2)C1. The van der Waals surface area contributed by atoms with Crippen LogP contribution in [-0.4, -0.2) is 27.5 Å². The van der Waals surface area contributed by atoms with E-state index in [0.29, 0.717) is 36.2 Å². The minimum atomic E-state index is -4.86. The Kier molecular flexibility index (Phi) is 7.62. The van der Waals surface area contributed by atoms with E-state index in [9.17, 15) is 22.8 Å². The Morgan fingerprint density at radius 2 is 1.87 bits per heavy atom. The fourth-order valence-corrected chi connectivity index (χ4v) is 6.35. The lowest BCUT2D eigenvalue weighted by molar-refractivity contribution is -0.274. The summed E-state index contributed by atoms with van der Waals surface area (Å²) < 4.78 is 46.2. The van der Waals surface area contributed by atoms with Gasteiger partial charge in [-0.3, -0.25) is 9.59 Å². The van der Waals surface area contributed by atoms with Gasteiger partial charge in [-0.25, -0.2) is 4.98 Å². The molecule has 0 saturated heterocycles. The predicted octanol–water partition coefficient (Wildman–Crippen LogP) is 8.57. The average Bonchev–Trinajstić information content (AvgIpc) is 3.51. The molecule has 1 fully saturated rings. The first-order valence-corrected chi connectivity index (χ1v) is 13.9. The van der Waals surface area contributed by atoms with Crippen LogP contribution in [0.3, 0.4) is 0 Å². The third kappa shape index (κ3) is 5.93. The van der Waals surface area contributed by atoms with Crippen molar-refractivity contribution in [2.75, 3.05) is 0 Å². The number of hydrogen-bond donors (Lipinski definition) is 0. The maximum Gasteiger partial charge on any atom is 0.573 e. The smallest absolute Gasteiger partial charge is 0.405 e. The largest absolute Gasteiger partial charge is 0.573 e. The van der Waals surface area contributed by atoms with Gasteiger partial charge >= 0.3 is 6.36 Å². The fourth-order valence-electron chi connectivity index (χ4n) is 5.53. The third-order valence-electron chi connectivity index (χ3n) is 7.30. The quantitative estimate of drug-likeness (QED) is 0.205. The number of ether oxygens (including phenoxy) is 1. The topological polar surface area (TPSA) is 61.2 Å². The number of benzene rings is 2. The average molecular weight is 555 g/mol. The van der Waals surface area contributed by atoms with Crippen molar-refractivity contribution in [2.45, 2.75) is 64.8 Å². The minimum absolute atomic E-state index is 0.0335. The monoisotopic (exact) mass is 554 g/mol. The maximum absolute atomic E-state index is 13.3. The predicted molar refractivity (Wildman–Crippen MR) is 145 cm³/mol. The summed E-state index contributed by atoms with van der Waals surface area (Å²) in [5.41, 5.74) is 2.02. The van der Waals surface area contributed by atoms with Crippen LogP contribution in [0.25, 0.3) is 22.4 Å². The second-order valence-corrected chi connectivity index (χ2v) is 11.3. The number of halogens is 3. The molecule has 0 radical (unpaired) electrons. The lowest BCUT2D eigenvalue weighted by Crippen LogP contribution is -2.22. The van der Waals surface area contributed by atoms with E-state index in [1.165, 1.54) is 23.5 Å². The molecule has 204 valence electrons. The molecule has 0 aliphatic heterocycles. The number of Topliss-reactive ketones (excluding diaryl/α,β-unsaturated/α-hetero) is 2. The zero-order valence-electron chi connectivity index (χ0n) is 21.8. The highest BCUT2D eigenvalue weighted by Gasteiger charge is 2.34. The van der Waals surface area contributed by atoms with E-state index in [0.717, 1.165) is 34.5 Å². The summed E-state index contributed by atoms with van der Waals surface area (Å²) in [4.78, 5) is 32.0. The molecule has 0 amide bonds. The summed E-state index contributed by atoms with van der Waals surface area (Å²) in [6, 6.07) is 15.0. The molecule has 1 aliphatic carbocycles. The maximum atomic E-state index is 13.3. The molecule has 0 unspecified atom stereocenters. The summed E-state index contributed by atoms with van der Waals surface area (Å²) in [6.45, 7) is 3.76. The molecule has 39 heavy (non-hydrogen) atoms. The van der Waals surface area contributed by atoms with Crippen molar-refractivity contribution in [1.29, 1.82) is 0 Å². The molecule has 5 rings (SSSR count). The Hall–Kier alpha value is -3.46. The molecule has 2 heterocycles. The van der Waals surface area contributed by atoms with Crippen LogP contribution in [0.15, 0.2) is 54.6 Å². The number of aromatic nitrogens is 2. The molecule has 1 saturated carbocycles. The van der Waals surface area contributed by atoms with Gasteiger partial charge < -0.3 is 9.30 Å². The Labute approximate surface area is 228 Å². The number of thiophene rings is 1. The Bertz CT molecular complexity index is 1520. The molecule has 2 aromatic heterocycles. The fraction of sp³-hybridized carbons (Fsp3) is 0.367. The Morgan fingerprint density at radius 3 is 2.59 bits per heavy atom. The van der Waals surface area contributed by atoms with E-state index < -0.39 is 6.36 Å². The number of para-hydroxylation sites is 1. The zero-order valence-corrected chi connectivity index (χ0v) is 22.6. The van der Waals surface area contributed by atoms with Crippen LogP contribution in [0.5, 0.6) is 5.75 Å². The number of nitrogens with zero attached hydrogens (tertiary/aromatic N) is 2. The van der Waals surface area contributed by atoms with Crippen molar-refractivity contribution >= 4 is 33.9 Å². The first kappa shape index (κ1) is 27.1. The summed E-state index contributed by atoms with van der Waals surface area (Å²) in [6.07, 6.45) is -0.781. The van der Waals surface area contributed by atoms with Gasteiger partial charge in [-0.2, -0.15) is 0 Å². The van der Waals surface area contributed by atoms with Crippen molar-refractivity contribution in [3.05, 3.63) is 69.9 Å². The highest BCUT2D eigenvalue weighted by molar-refractivity contribution is 7.14. The third-order valence-corrected chi connectivity index (χ3v) is 8.34. The Balaban J connectivity index is 1.56. The molecule has 1 aliphatic rings.